The second-order valence-electron chi connectivity index (χ2n) is 3.87. The van der Waals surface area contributed by atoms with E-state index in [1.165, 1.54) is 23.9 Å². The summed E-state index contributed by atoms with van der Waals surface area (Å²) in [5, 5.41) is 0. The van der Waals surface area contributed by atoms with Gasteiger partial charge in [-0.05, 0) is 52.5 Å². The molecule has 2 aromatic rings. The molecule has 104 valence electrons. The van der Waals surface area contributed by atoms with Gasteiger partial charge in [0.25, 0.3) is 0 Å². The third-order valence-electron chi connectivity index (χ3n) is 2.57. The average molecular weight is 372 g/mol. The highest BCUT2D eigenvalue weighted by Crippen LogP contribution is 2.35. The number of hydrogen-bond donors (Lipinski definition) is 1. The fraction of sp³-hybridized carbons (Fsp3) is 0.0714. The molecule has 2 N–H and O–H groups in total. The lowest BCUT2D eigenvalue weighted by Gasteiger charge is -2.14. The summed E-state index contributed by atoms with van der Waals surface area (Å²) in [5.74, 6) is 0.718. The van der Waals surface area contributed by atoms with Gasteiger partial charge in [0.2, 0.25) is 0 Å². The van der Waals surface area contributed by atoms with Gasteiger partial charge in [0, 0.05) is 4.90 Å². The van der Waals surface area contributed by atoms with Crippen molar-refractivity contribution in [2.75, 3.05) is 6.26 Å². The van der Waals surface area contributed by atoms with E-state index in [1.54, 1.807) is 12.1 Å². The van der Waals surface area contributed by atoms with E-state index < -0.39 is 0 Å². The Morgan fingerprint density at radius 1 is 1.30 bits per heavy atom. The monoisotopic (exact) mass is 371 g/mol. The molecule has 0 radical (unpaired) electrons. The molecule has 0 aliphatic carbocycles. The molecule has 0 saturated heterocycles. The Balaban J connectivity index is 2.45. The number of thiocarbonyl (C=S) groups is 1. The average Bonchev–Trinajstić information content (AvgIpc) is 2.41. The molecule has 0 fully saturated rings. The summed E-state index contributed by atoms with van der Waals surface area (Å²) in [6.07, 6.45) is 1.94. The largest absolute Gasteiger partial charge is 0.455 e. The van der Waals surface area contributed by atoms with Crippen LogP contribution in [0.1, 0.15) is 5.56 Å². The molecule has 0 saturated carbocycles. The van der Waals surface area contributed by atoms with E-state index in [9.17, 15) is 4.39 Å². The molecular formula is C14H11BrFNOS2. The number of hydrogen-bond acceptors (Lipinski definition) is 3. The Bertz CT molecular complexity index is 664. The van der Waals surface area contributed by atoms with E-state index in [1.807, 2.05) is 18.4 Å². The zero-order valence-corrected chi connectivity index (χ0v) is 13.7. The number of thioether (sulfide) groups is 1. The van der Waals surface area contributed by atoms with Crippen molar-refractivity contribution in [3.8, 4) is 11.5 Å². The molecule has 2 rings (SSSR count). The second kappa shape index (κ2) is 6.56. The van der Waals surface area contributed by atoms with Crippen LogP contribution in [0.2, 0.25) is 0 Å². The third kappa shape index (κ3) is 3.31. The minimum atomic E-state index is -0.336. The van der Waals surface area contributed by atoms with Gasteiger partial charge in [0.05, 0.1) is 10.0 Å². The summed E-state index contributed by atoms with van der Waals surface area (Å²) < 4.78 is 19.4. The standard InChI is InChI=1S/C14H11BrFNOS2/c1-20-12-4-2-3-11(13(12)14(17)19)18-10-6-5-8(16)7-9(10)15/h2-7H,1H3,(H2,17,19). The summed E-state index contributed by atoms with van der Waals surface area (Å²) in [6, 6.07) is 9.79. The number of halogens is 2. The summed E-state index contributed by atoms with van der Waals surface area (Å²) in [6.45, 7) is 0. The van der Waals surface area contributed by atoms with Crippen molar-refractivity contribution in [2.24, 2.45) is 5.73 Å². The molecule has 0 aliphatic heterocycles. The van der Waals surface area contributed by atoms with E-state index >= 15 is 0 Å². The van der Waals surface area contributed by atoms with Crippen LogP contribution in [0.3, 0.4) is 0 Å². The van der Waals surface area contributed by atoms with Crippen molar-refractivity contribution < 1.29 is 9.13 Å². The van der Waals surface area contributed by atoms with E-state index in [0.717, 1.165) is 4.90 Å². The van der Waals surface area contributed by atoms with Crippen LogP contribution < -0.4 is 10.5 Å². The summed E-state index contributed by atoms with van der Waals surface area (Å²) in [4.78, 5) is 1.21. The van der Waals surface area contributed by atoms with Gasteiger partial charge < -0.3 is 10.5 Å². The van der Waals surface area contributed by atoms with Crippen molar-refractivity contribution in [3.05, 3.63) is 52.3 Å². The lowest BCUT2D eigenvalue weighted by Crippen LogP contribution is -2.12. The zero-order valence-electron chi connectivity index (χ0n) is 10.5. The van der Waals surface area contributed by atoms with E-state index in [4.69, 9.17) is 22.7 Å². The van der Waals surface area contributed by atoms with Crippen LogP contribution in [0, 0.1) is 5.82 Å². The molecule has 0 spiro atoms. The van der Waals surface area contributed by atoms with Crippen LogP contribution >= 0.6 is 39.9 Å². The first kappa shape index (κ1) is 15.3. The van der Waals surface area contributed by atoms with Gasteiger partial charge in [-0.1, -0.05) is 18.3 Å². The van der Waals surface area contributed by atoms with Gasteiger partial charge in [-0.25, -0.2) is 4.39 Å². The number of rotatable bonds is 4. The van der Waals surface area contributed by atoms with Gasteiger partial charge in [0.15, 0.2) is 0 Å². The van der Waals surface area contributed by atoms with Gasteiger partial charge in [-0.2, -0.15) is 0 Å². The molecule has 0 atom stereocenters. The Hall–Kier alpha value is -1.11. The Kier molecular flexibility index (Phi) is 5.01. The summed E-state index contributed by atoms with van der Waals surface area (Å²) in [5.41, 5.74) is 6.46. The van der Waals surface area contributed by atoms with Crippen molar-refractivity contribution in [3.63, 3.8) is 0 Å². The molecule has 6 heteroatoms. The summed E-state index contributed by atoms with van der Waals surface area (Å²) in [7, 11) is 0. The van der Waals surface area contributed by atoms with E-state index in [2.05, 4.69) is 15.9 Å². The van der Waals surface area contributed by atoms with Gasteiger partial charge in [0.1, 0.15) is 22.3 Å². The van der Waals surface area contributed by atoms with Gasteiger partial charge >= 0.3 is 0 Å². The Morgan fingerprint density at radius 3 is 2.65 bits per heavy atom. The normalized spacial score (nSPS) is 10.3. The second-order valence-corrected chi connectivity index (χ2v) is 6.02. The highest BCUT2D eigenvalue weighted by atomic mass is 79.9. The maximum Gasteiger partial charge on any atom is 0.141 e. The van der Waals surface area contributed by atoms with E-state index in [-0.39, 0.29) is 10.8 Å². The van der Waals surface area contributed by atoms with E-state index in [0.29, 0.717) is 21.5 Å². The number of benzene rings is 2. The zero-order chi connectivity index (χ0) is 14.7. The minimum Gasteiger partial charge on any atom is -0.455 e. The van der Waals surface area contributed by atoms with Crippen molar-refractivity contribution in [2.45, 2.75) is 4.90 Å². The molecule has 2 aromatic carbocycles. The predicted octanol–water partition coefficient (Wildman–Crippen LogP) is 4.74. The fourth-order valence-electron chi connectivity index (χ4n) is 1.69. The lowest BCUT2D eigenvalue weighted by atomic mass is 10.2. The van der Waals surface area contributed by atoms with Crippen molar-refractivity contribution in [1.82, 2.24) is 0 Å². The SMILES string of the molecule is CSc1cccc(Oc2ccc(F)cc2Br)c1C(N)=S. The molecule has 2 nitrogen and oxygen atoms in total. The first-order valence-electron chi connectivity index (χ1n) is 5.62. The van der Waals surface area contributed by atoms with Crippen LogP contribution in [0.4, 0.5) is 4.39 Å². The molecule has 20 heavy (non-hydrogen) atoms. The van der Waals surface area contributed by atoms with Crippen LogP contribution in [0.5, 0.6) is 11.5 Å². The quantitative estimate of drug-likeness (QED) is 0.621. The van der Waals surface area contributed by atoms with Crippen molar-refractivity contribution >= 4 is 44.9 Å². The first-order valence-corrected chi connectivity index (χ1v) is 8.05. The highest BCUT2D eigenvalue weighted by Gasteiger charge is 2.14. The molecule has 0 bridgehead atoms. The highest BCUT2D eigenvalue weighted by molar-refractivity contribution is 9.10. The van der Waals surface area contributed by atoms with Crippen LogP contribution in [0.15, 0.2) is 45.8 Å². The Morgan fingerprint density at radius 2 is 2.05 bits per heavy atom. The molecule has 0 aliphatic rings. The fourth-order valence-corrected chi connectivity index (χ4v) is 3.02. The lowest BCUT2D eigenvalue weighted by molar-refractivity contribution is 0.475. The molecular weight excluding hydrogens is 361 g/mol. The summed E-state index contributed by atoms with van der Waals surface area (Å²) >= 11 is 9.89. The predicted molar refractivity (Wildman–Crippen MR) is 88.3 cm³/mol. The third-order valence-corrected chi connectivity index (χ3v) is 4.17. The first-order chi connectivity index (χ1) is 9.52. The molecule has 0 amide bonds. The van der Waals surface area contributed by atoms with Crippen molar-refractivity contribution in [1.29, 1.82) is 0 Å². The number of ether oxygens (including phenoxy) is 1. The molecule has 0 unspecified atom stereocenters. The smallest absolute Gasteiger partial charge is 0.141 e. The molecule has 0 heterocycles. The van der Waals surface area contributed by atoms with Gasteiger partial charge in [-0.3, -0.25) is 0 Å². The maximum atomic E-state index is 13.1. The number of nitrogens with two attached hydrogens (primary N) is 1. The minimum absolute atomic E-state index is 0.267. The van der Waals surface area contributed by atoms with Crippen LogP contribution in [-0.4, -0.2) is 11.2 Å². The van der Waals surface area contributed by atoms with Gasteiger partial charge in [-0.15, -0.1) is 11.8 Å². The topological polar surface area (TPSA) is 35.2 Å². The molecule has 0 aromatic heterocycles. The van der Waals surface area contributed by atoms with Crippen LogP contribution in [0.25, 0.3) is 0 Å². The van der Waals surface area contributed by atoms with Crippen LogP contribution in [-0.2, 0) is 0 Å². The maximum absolute atomic E-state index is 13.1. The Labute approximate surface area is 134 Å².